The normalized spacial score (nSPS) is 12.7. The van der Waals surface area contributed by atoms with Gasteiger partial charge in [0.05, 0.1) is 39.0 Å². The Morgan fingerprint density at radius 2 is 1.66 bits per heavy atom. The van der Waals surface area contributed by atoms with Crippen LogP contribution in [0, 0.1) is 0 Å². The maximum absolute atomic E-state index is 12.9. The Hall–Kier alpha value is -6.80. The first kappa shape index (κ1) is 42.3. The van der Waals surface area contributed by atoms with E-state index in [2.05, 4.69) is 35.9 Å². The molecule has 1 aliphatic rings. The number of aromatic amines is 1. The zero-order chi connectivity index (χ0) is 41.6. The lowest BCUT2D eigenvalue weighted by atomic mass is 10.1. The highest BCUT2D eigenvalue weighted by molar-refractivity contribution is 5.99. The highest BCUT2D eigenvalue weighted by Crippen LogP contribution is 2.22. The Morgan fingerprint density at radius 1 is 0.931 bits per heavy atom. The first-order valence-corrected chi connectivity index (χ1v) is 18.4. The van der Waals surface area contributed by atoms with E-state index in [1.807, 2.05) is 12.1 Å². The number of aliphatic carboxylic acids is 1. The van der Waals surface area contributed by atoms with Gasteiger partial charge in [0.2, 0.25) is 29.6 Å². The number of nitrogen functional groups attached to an aromatic ring is 1. The number of aryl methyl sites for hydroxylation is 1. The number of aromatic nitrogens is 4. The number of amides is 5. The van der Waals surface area contributed by atoms with E-state index in [0.29, 0.717) is 36.6 Å². The van der Waals surface area contributed by atoms with Crippen molar-refractivity contribution in [1.29, 1.82) is 0 Å². The number of carboxylic acids is 1. The van der Waals surface area contributed by atoms with E-state index >= 15 is 0 Å². The minimum atomic E-state index is -1.32. The zero-order valence-corrected chi connectivity index (χ0v) is 31.7. The highest BCUT2D eigenvalue weighted by Gasteiger charge is 2.29. The van der Waals surface area contributed by atoms with Gasteiger partial charge in [-0.2, -0.15) is 4.98 Å². The fourth-order valence-corrected chi connectivity index (χ4v) is 5.61. The molecule has 7 N–H and O–H groups in total. The predicted molar refractivity (Wildman–Crippen MR) is 209 cm³/mol. The van der Waals surface area contributed by atoms with Gasteiger partial charge in [-0.05, 0) is 54.8 Å². The van der Waals surface area contributed by atoms with Crippen LogP contribution in [0.25, 0.3) is 11.2 Å². The summed E-state index contributed by atoms with van der Waals surface area (Å²) in [5, 5.41) is 17.5. The van der Waals surface area contributed by atoms with E-state index < -0.39 is 29.4 Å². The lowest BCUT2D eigenvalue weighted by Gasteiger charge is -2.28. The molecule has 20 nitrogen and oxygen atoms in total. The minimum Gasteiger partial charge on any atom is -0.480 e. The lowest BCUT2D eigenvalue weighted by Crippen LogP contribution is -2.47. The standard InChI is InChI=1S/C38H44N10O10/c1-47(28-22-41-34-33(44-28)36(54)46-38(39)45-34)26-9-5-24(6-10-26)35(53)43-27(37(55)56)11-12-29(49)40-16-19-58-21-20-57-18-15-30(50)42-25-7-2-23(3-8-25)4-13-31(51)48-17-14-32(48)52/h2-3,5-10,22,27H,4,11-21H2,1H3,(H,40,49)(H,42,50)(H,43,53)(H,55,56)(H3,39,41,45,46,54). The molecule has 1 unspecified atom stereocenters. The number of nitrogens with zero attached hydrogens (tertiary/aromatic N) is 5. The number of H-pyrrole nitrogens is 1. The topological polar surface area (TPSA) is 281 Å². The molecule has 2 aromatic heterocycles. The van der Waals surface area contributed by atoms with E-state index in [-0.39, 0.29) is 99.1 Å². The van der Waals surface area contributed by atoms with Crippen LogP contribution in [0.1, 0.15) is 48.0 Å². The summed E-state index contributed by atoms with van der Waals surface area (Å²) >= 11 is 0. The smallest absolute Gasteiger partial charge is 0.326 e. The summed E-state index contributed by atoms with van der Waals surface area (Å²) in [6.07, 6.45) is 2.41. The van der Waals surface area contributed by atoms with Gasteiger partial charge >= 0.3 is 5.97 Å². The number of carbonyl (C=O) groups is 6. The SMILES string of the molecule is CN(c1ccc(C(=O)NC(CCC(=O)NCCOCCOCCC(=O)Nc2ccc(CCC(=O)N3CCC3=O)cc2)C(=O)O)cc1)c1cnc2nc(N)[nH]c(=O)c2n1. The summed E-state index contributed by atoms with van der Waals surface area (Å²) in [6, 6.07) is 12.0. The van der Waals surface area contributed by atoms with Gasteiger partial charge in [-0.15, -0.1) is 0 Å². The largest absolute Gasteiger partial charge is 0.480 e. The fraction of sp³-hybridized carbons (Fsp3) is 0.368. The number of hydrogen-bond donors (Lipinski definition) is 6. The van der Waals surface area contributed by atoms with Gasteiger partial charge in [-0.3, -0.25) is 38.7 Å². The van der Waals surface area contributed by atoms with Crippen LogP contribution in [-0.2, 0) is 39.9 Å². The molecule has 0 aliphatic carbocycles. The molecule has 306 valence electrons. The molecular weight excluding hydrogens is 756 g/mol. The second kappa shape index (κ2) is 20.4. The third-order valence-corrected chi connectivity index (χ3v) is 8.98. The average molecular weight is 801 g/mol. The van der Waals surface area contributed by atoms with Crippen LogP contribution in [-0.4, -0.2) is 118 Å². The van der Waals surface area contributed by atoms with Crippen LogP contribution in [0.5, 0.6) is 0 Å². The van der Waals surface area contributed by atoms with Gasteiger partial charge in [0.1, 0.15) is 6.04 Å². The summed E-state index contributed by atoms with van der Waals surface area (Å²) in [4.78, 5) is 103. The van der Waals surface area contributed by atoms with Crippen molar-refractivity contribution in [2.45, 2.75) is 44.6 Å². The quantitative estimate of drug-likeness (QED) is 0.0504. The molecule has 0 saturated carbocycles. The molecular formula is C38H44N10O10. The number of anilines is 4. The second-order valence-electron chi connectivity index (χ2n) is 13.1. The molecule has 3 heterocycles. The van der Waals surface area contributed by atoms with Crippen molar-refractivity contribution < 1.29 is 43.3 Å². The van der Waals surface area contributed by atoms with Crippen LogP contribution in [0.3, 0.4) is 0 Å². The third kappa shape index (κ3) is 12.1. The predicted octanol–water partition coefficient (Wildman–Crippen LogP) is 0.896. The maximum Gasteiger partial charge on any atom is 0.326 e. The number of likely N-dealkylation sites (tertiary alicyclic amines) is 1. The van der Waals surface area contributed by atoms with E-state index in [0.717, 1.165) is 5.56 Å². The molecule has 20 heteroatoms. The molecule has 5 amide bonds. The number of hydrogen-bond acceptors (Lipinski definition) is 14. The van der Waals surface area contributed by atoms with Crippen molar-refractivity contribution in [3.63, 3.8) is 0 Å². The second-order valence-corrected chi connectivity index (χ2v) is 13.1. The number of nitrogens with two attached hydrogens (primary N) is 1. The Balaban J connectivity index is 0.911. The van der Waals surface area contributed by atoms with Crippen molar-refractivity contribution in [3.05, 3.63) is 76.2 Å². The number of fused-ring (bicyclic) bond motifs is 1. The lowest BCUT2D eigenvalue weighted by molar-refractivity contribution is -0.152. The van der Waals surface area contributed by atoms with Gasteiger partial charge in [0, 0.05) is 56.3 Å². The van der Waals surface area contributed by atoms with Crippen LogP contribution >= 0.6 is 0 Å². The van der Waals surface area contributed by atoms with Crippen LogP contribution in [0.2, 0.25) is 0 Å². The zero-order valence-electron chi connectivity index (χ0n) is 31.7. The van der Waals surface area contributed by atoms with Gasteiger partial charge in [0.25, 0.3) is 11.5 Å². The number of β-lactam (4-membered cyclic amide) rings is 1. The van der Waals surface area contributed by atoms with Gasteiger partial charge in [0.15, 0.2) is 17.0 Å². The summed E-state index contributed by atoms with van der Waals surface area (Å²) in [5.41, 5.74) is 7.42. The molecule has 2 aromatic carbocycles. The number of imide groups is 1. The number of carbonyl (C=O) groups excluding carboxylic acids is 5. The Kier molecular flexibility index (Phi) is 14.9. The molecule has 1 saturated heterocycles. The first-order valence-electron chi connectivity index (χ1n) is 18.4. The van der Waals surface area contributed by atoms with Crippen molar-refractivity contribution in [2.75, 3.05) is 62.5 Å². The van der Waals surface area contributed by atoms with Gasteiger partial charge in [-0.1, -0.05) is 12.1 Å². The van der Waals surface area contributed by atoms with Crippen LogP contribution in [0.4, 0.5) is 23.1 Å². The van der Waals surface area contributed by atoms with Gasteiger partial charge in [-0.25, -0.2) is 14.8 Å². The van der Waals surface area contributed by atoms with E-state index in [1.165, 1.54) is 23.2 Å². The molecule has 1 fully saturated rings. The Morgan fingerprint density at radius 3 is 2.33 bits per heavy atom. The third-order valence-electron chi connectivity index (χ3n) is 8.98. The van der Waals surface area contributed by atoms with Crippen molar-refractivity contribution in [1.82, 2.24) is 35.5 Å². The highest BCUT2D eigenvalue weighted by atomic mass is 16.5. The molecule has 4 aromatic rings. The van der Waals surface area contributed by atoms with Crippen LogP contribution in [0.15, 0.2) is 59.5 Å². The van der Waals surface area contributed by atoms with Crippen molar-refractivity contribution >= 4 is 69.8 Å². The van der Waals surface area contributed by atoms with Gasteiger partial charge < -0.3 is 41.2 Å². The molecule has 1 aliphatic heterocycles. The average Bonchev–Trinajstić information content (AvgIpc) is 3.20. The Bertz CT molecular complexity index is 2180. The molecule has 0 spiro atoms. The summed E-state index contributed by atoms with van der Waals surface area (Å²) in [5.74, 6) is -2.65. The molecule has 58 heavy (non-hydrogen) atoms. The maximum atomic E-state index is 12.9. The first-order chi connectivity index (χ1) is 27.9. The summed E-state index contributed by atoms with van der Waals surface area (Å²) in [7, 11) is 1.68. The number of rotatable bonds is 21. The Labute approximate surface area is 331 Å². The van der Waals surface area contributed by atoms with E-state index in [9.17, 15) is 38.7 Å². The number of nitrogens with one attached hydrogen (secondary N) is 4. The molecule has 0 radical (unpaired) electrons. The number of ether oxygens (including phenoxy) is 2. The van der Waals surface area contributed by atoms with E-state index in [4.69, 9.17) is 15.2 Å². The number of carboxylic acid groups (broad SMARTS) is 1. The summed E-state index contributed by atoms with van der Waals surface area (Å²) < 4.78 is 10.9. The molecule has 0 bridgehead atoms. The molecule has 1 atom stereocenters. The van der Waals surface area contributed by atoms with Crippen molar-refractivity contribution in [3.8, 4) is 0 Å². The minimum absolute atomic E-state index is 0.00242. The van der Waals surface area contributed by atoms with E-state index in [1.54, 1.807) is 36.2 Å². The van der Waals surface area contributed by atoms with Crippen LogP contribution < -0.4 is 32.1 Å². The summed E-state index contributed by atoms with van der Waals surface area (Å²) in [6.45, 7) is 1.47. The number of benzene rings is 2. The monoisotopic (exact) mass is 800 g/mol. The van der Waals surface area contributed by atoms with Crippen molar-refractivity contribution in [2.24, 2.45) is 0 Å². The fourth-order valence-electron chi connectivity index (χ4n) is 5.61. The molecule has 5 rings (SSSR count).